The van der Waals surface area contributed by atoms with Crippen molar-refractivity contribution in [2.24, 2.45) is 0 Å². The minimum atomic E-state index is -0.787. The van der Waals surface area contributed by atoms with Gasteiger partial charge in [0.05, 0.1) is 13.2 Å². The third-order valence-electron chi connectivity index (χ3n) is 5.22. The van der Waals surface area contributed by atoms with E-state index in [2.05, 4.69) is 0 Å². The minimum Gasteiger partial charge on any atom is -0.360 e. The molecule has 2 fully saturated rings. The first kappa shape index (κ1) is 17.7. The first-order chi connectivity index (χ1) is 12.3. The highest BCUT2D eigenvalue weighted by atomic mass is 16.8. The highest BCUT2D eigenvalue weighted by molar-refractivity contribution is 5.75. The van der Waals surface area contributed by atoms with Crippen molar-refractivity contribution in [1.82, 2.24) is 4.90 Å². The lowest BCUT2D eigenvalue weighted by atomic mass is 9.87. The molecule has 1 aromatic carbocycles. The second kappa shape index (κ2) is 6.16. The Labute approximate surface area is 153 Å². The topological polar surface area (TPSA) is 57.2 Å². The number of carbonyl (C=O) groups is 1. The molecule has 4 rings (SSSR count). The fraction of sp³-hybridized carbons (Fsp3) is 0.550. The Morgan fingerprint density at radius 1 is 1.27 bits per heavy atom. The van der Waals surface area contributed by atoms with E-state index in [0.29, 0.717) is 13.2 Å². The van der Waals surface area contributed by atoms with Gasteiger partial charge in [-0.2, -0.15) is 0 Å². The molecule has 0 spiro atoms. The van der Waals surface area contributed by atoms with E-state index >= 15 is 0 Å². The van der Waals surface area contributed by atoms with Gasteiger partial charge in [-0.05, 0) is 32.4 Å². The summed E-state index contributed by atoms with van der Waals surface area (Å²) >= 11 is 0. The monoisotopic (exact) mass is 359 g/mol. The van der Waals surface area contributed by atoms with Crippen molar-refractivity contribution in [2.75, 3.05) is 6.54 Å². The number of rotatable bonds is 3. The minimum absolute atomic E-state index is 0.0155. The average molecular weight is 359 g/mol. The maximum atomic E-state index is 12.0. The molecule has 0 radical (unpaired) electrons. The maximum Gasteiger partial charge on any atom is 0.223 e. The summed E-state index contributed by atoms with van der Waals surface area (Å²) in [6, 6.07) is 10.00. The van der Waals surface area contributed by atoms with Gasteiger partial charge in [-0.25, -0.2) is 0 Å². The first-order valence-electron chi connectivity index (χ1n) is 8.97. The van der Waals surface area contributed by atoms with E-state index in [9.17, 15) is 4.79 Å². The lowest BCUT2D eigenvalue weighted by Gasteiger charge is -2.42. The molecule has 0 unspecified atom stereocenters. The summed E-state index contributed by atoms with van der Waals surface area (Å²) in [5.41, 5.74) is 1.13. The fourth-order valence-electron chi connectivity index (χ4n) is 4.04. The molecule has 0 aromatic heterocycles. The second-order valence-corrected chi connectivity index (χ2v) is 7.59. The zero-order chi connectivity index (χ0) is 18.5. The van der Waals surface area contributed by atoms with Crippen molar-refractivity contribution in [1.29, 1.82) is 0 Å². The van der Waals surface area contributed by atoms with Crippen LogP contribution in [0.3, 0.4) is 0 Å². The molecule has 0 saturated carbocycles. The molecule has 4 atom stereocenters. The molecule has 2 saturated heterocycles. The van der Waals surface area contributed by atoms with E-state index in [1.807, 2.05) is 57.2 Å². The van der Waals surface area contributed by atoms with E-state index in [1.165, 1.54) is 0 Å². The van der Waals surface area contributed by atoms with E-state index < -0.39 is 17.7 Å². The van der Waals surface area contributed by atoms with Gasteiger partial charge in [0, 0.05) is 12.6 Å². The normalized spacial score (nSPS) is 35.0. The van der Waals surface area contributed by atoms with Crippen LogP contribution >= 0.6 is 0 Å². The molecule has 6 heteroatoms. The number of ether oxygens (including phenoxy) is 4. The third kappa shape index (κ3) is 2.87. The van der Waals surface area contributed by atoms with Crippen molar-refractivity contribution < 1.29 is 23.7 Å². The second-order valence-electron chi connectivity index (χ2n) is 7.59. The maximum absolute atomic E-state index is 12.0. The number of benzene rings is 1. The highest BCUT2D eigenvalue weighted by Crippen LogP contribution is 2.48. The lowest BCUT2D eigenvalue weighted by Crippen LogP contribution is -2.57. The molecule has 0 N–H and O–H groups in total. The molecule has 3 aliphatic heterocycles. The predicted molar refractivity (Wildman–Crippen MR) is 93.8 cm³/mol. The Morgan fingerprint density at radius 2 is 2.00 bits per heavy atom. The van der Waals surface area contributed by atoms with Crippen LogP contribution in [0.2, 0.25) is 0 Å². The van der Waals surface area contributed by atoms with E-state index in [4.69, 9.17) is 18.9 Å². The van der Waals surface area contributed by atoms with Crippen molar-refractivity contribution >= 4 is 5.91 Å². The van der Waals surface area contributed by atoms with Crippen LogP contribution in [0.1, 0.15) is 33.3 Å². The Kier molecular flexibility index (Phi) is 4.19. The summed E-state index contributed by atoms with van der Waals surface area (Å²) in [5.74, 6) is -0.749. The molecular weight excluding hydrogens is 334 g/mol. The molecule has 0 bridgehead atoms. The largest absolute Gasteiger partial charge is 0.360 e. The van der Waals surface area contributed by atoms with Gasteiger partial charge in [0.25, 0.3) is 0 Å². The van der Waals surface area contributed by atoms with Gasteiger partial charge in [-0.15, -0.1) is 0 Å². The smallest absolute Gasteiger partial charge is 0.223 e. The quantitative estimate of drug-likeness (QED) is 0.830. The van der Waals surface area contributed by atoms with Crippen LogP contribution in [-0.2, 0) is 30.3 Å². The number of nitrogens with zero attached hydrogens (tertiary/aromatic N) is 1. The molecule has 26 heavy (non-hydrogen) atoms. The van der Waals surface area contributed by atoms with Gasteiger partial charge < -0.3 is 23.8 Å². The van der Waals surface area contributed by atoms with Crippen LogP contribution in [0.25, 0.3) is 0 Å². The number of hydrogen-bond acceptors (Lipinski definition) is 5. The van der Waals surface area contributed by atoms with E-state index in [1.54, 1.807) is 11.8 Å². The Bertz CT molecular complexity index is 731. The van der Waals surface area contributed by atoms with Crippen molar-refractivity contribution in [3.63, 3.8) is 0 Å². The van der Waals surface area contributed by atoms with E-state index in [0.717, 1.165) is 11.3 Å². The molecule has 3 aliphatic rings. The summed E-state index contributed by atoms with van der Waals surface area (Å²) in [6.45, 7) is 8.07. The standard InChI is InChI=1S/C20H25NO5/c1-13-10-20(23-12-15-8-6-5-7-9-15)16(11-21(13)14(2)22)24-18-17(20)25-19(3,4)26-18/h5-10,16-18H,11-12H2,1-4H3/t16-,17+,18-,20-/m1/s1. The van der Waals surface area contributed by atoms with Crippen LogP contribution in [0.5, 0.6) is 0 Å². The van der Waals surface area contributed by atoms with Gasteiger partial charge in [-0.1, -0.05) is 30.3 Å². The molecule has 1 aromatic rings. The molecule has 6 nitrogen and oxygen atoms in total. The van der Waals surface area contributed by atoms with Gasteiger partial charge in [0.2, 0.25) is 5.91 Å². The summed E-state index contributed by atoms with van der Waals surface area (Å²) in [5, 5.41) is 0. The van der Waals surface area contributed by atoms with Gasteiger partial charge in [-0.3, -0.25) is 4.79 Å². The fourth-order valence-corrected chi connectivity index (χ4v) is 4.04. The molecular formula is C20H25NO5. The summed E-state index contributed by atoms with van der Waals surface area (Å²) in [6.07, 6.45) is 0.739. The van der Waals surface area contributed by atoms with E-state index in [-0.39, 0.29) is 18.1 Å². The summed E-state index contributed by atoms with van der Waals surface area (Å²) in [4.78, 5) is 13.7. The third-order valence-corrected chi connectivity index (χ3v) is 5.22. The van der Waals surface area contributed by atoms with Crippen LogP contribution in [0, 0.1) is 0 Å². The van der Waals surface area contributed by atoms with Gasteiger partial charge in [0.1, 0.15) is 17.8 Å². The Hall–Kier alpha value is -1.73. The molecule has 1 amide bonds. The molecule has 140 valence electrons. The zero-order valence-corrected chi connectivity index (χ0v) is 15.6. The Balaban J connectivity index is 1.68. The van der Waals surface area contributed by atoms with Crippen molar-refractivity contribution in [3.8, 4) is 0 Å². The van der Waals surface area contributed by atoms with Gasteiger partial charge >= 0.3 is 0 Å². The number of carbonyl (C=O) groups excluding carboxylic acids is 1. The summed E-state index contributed by atoms with van der Waals surface area (Å²) in [7, 11) is 0. The van der Waals surface area contributed by atoms with Crippen molar-refractivity contribution in [2.45, 2.75) is 64.2 Å². The lowest BCUT2D eigenvalue weighted by molar-refractivity contribution is -0.234. The van der Waals surface area contributed by atoms with Crippen LogP contribution < -0.4 is 0 Å². The number of allylic oxidation sites excluding steroid dienone is 1. The highest BCUT2D eigenvalue weighted by Gasteiger charge is 2.65. The molecule has 0 aliphatic carbocycles. The average Bonchev–Trinajstić information content (AvgIpc) is 3.03. The summed E-state index contributed by atoms with van der Waals surface area (Å²) < 4.78 is 24.7. The van der Waals surface area contributed by atoms with Crippen LogP contribution in [-0.4, -0.2) is 47.2 Å². The van der Waals surface area contributed by atoms with Crippen molar-refractivity contribution in [3.05, 3.63) is 47.7 Å². The van der Waals surface area contributed by atoms with Crippen LogP contribution in [0.4, 0.5) is 0 Å². The number of hydrogen-bond donors (Lipinski definition) is 0. The van der Waals surface area contributed by atoms with Gasteiger partial charge in [0.15, 0.2) is 12.1 Å². The Morgan fingerprint density at radius 3 is 2.69 bits per heavy atom. The zero-order valence-electron chi connectivity index (χ0n) is 15.6. The predicted octanol–water partition coefficient (Wildman–Crippen LogP) is 2.58. The number of amides is 1. The van der Waals surface area contributed by atoms with Crippen LogP contribution in [0.15, 0.2) is 42.1 Å². The number of fused-ring (bicyclic) bond motifs is 3. The SMILES string of the molecule is CC(=O)N1C[C@H]2O[C@@H]3OC(C)(C)O[C@@H]3[C@@]2(OCc2ccccc2)C=C1C. The first-order valence-corrected chi connectivity index (χ1v) is 8.97. The molecule has 3 heterocycles.